The third-order valence-corrected chi connectivity index (χ3v) is 4.39. The van der Waals surface area contributed by atoms with Crippen molar-refractivity contribution in [3.05, 3.63) is 47.8 Å². The zero-order valence-corrected chi connectivity index (χ0v) is 13.6. The molecule has 4 nitrogen and oxygen atoms in total. The number of aromatic nitrogens is 2. The summed E-state index contributed by atoms with van der Waals surface area (Å²) in [4.78, 5) is 9.27. The Labute approximate surface area is 146 Å². The number of hydrogen-bond donors (Lipinski definition) is 1. The number of rotatable bonds is 2. The number of fused-ring (bicyclic) bond motifs is 1. The molecule has 4 rings (SSSR count). The molecule has 8 heteroatoms. The summed E-state index contributed by atoms with van der Waals surface area (Å²) in [6.45, 7) is 2.26. The summed E-state index contributed by atoms with van der Waals surface area (Å²) >= 11 is 0. The van der Waals surface area contributed by atoms with Crippen LogP contribution in [0, 0.1) is 5.82 Å². The maximum absolute atomic E-state index is 14.4. The molecule has 1 aliphatic heterocycles. The van der Waals surface area contributed by atoms with Crippen molar-refractivity contribution in [2.24, 2.45) is 0 Å². The van der Waals surface area contributed by atoms with Crippen molar-refractivity contribution in [3.63, 3.8) is 0 Å². The molecule has 2 heterocycles. The van der Waals surface area contributed by atoms with Crippen molar-refractivity contribution in [2.75, 3.05) is 31.2 Å². The van der Waals surface area contributed by atoms with Gasteiger partial charge in [0.2, 0.25) is 0 Å². The van der Waals surface area contributed by atoms with Gasteiger partial charge in [-0.1, -0.05) is 12.1 Å². The van der Waals surface area contributed by atoms with Gasteiger partial charge >= 0.3 is 6.18 Å². The summed E-state index contributed by atoms with van der Waals surface area (Å²) in [5, 5.41) is 0. The SMILES string of the molecule is Fc1cc2[nH]c(-c3ccc(C(F)(F)F)cc3)nc2cc1N1CCOCC1. The van der Waals surface area contributed by atoms with Gasteiger partial charge in [0.25, 0.3) is 0 Å². The highest BCUT2D eigenvalue weighted by atomic mass is 19.4. The minimum Gasteiger partial charge on any atom is -0.378 e. The van der Waals surface area contributed by atoms with Gasteiger partial charge in [-0.15, -0.1) is 0 Å². The summed E-state index contributed by atoms with van der Waals surface area (Å²) in [6.07, 6.45) is -4.39. The third-order valence-electron chi connectivity index (χ3n) is 4.39. The molecule has 0 atom stereocenters. The number of alkyl halides is 3. The van der Waals surface area contributed by atoms with Crippen molar-refractivity contribution >= 4 is 16.7 Å². The van der Waals surface area contributed by atoms with Crippen LogP contribution in [-0.2, 0) is 10.9 Å². The number of ether oxygens (including phenoxy) is 1. The van der Waals surface area contributed by atoms with Crippen LogP contribution in [0.4, 0.5) is 23.2 Å². The van der Waals surface area contributed by atoms with Crippen LogP contribution in [-0.4, -0.2) is 36.3 Å². The number of imidazole rings is 1. The predicted octanol–water partition coefficient (Wildman–Crippen LogP) is 4.22. The van der Waals surface area contributed by atoms with Gasteiger partial charge in [-0.2, -0.15) is 13.2 Å². The Kier molecular flexibility index (Phi) is 4.07. The smallest absolute Gasteiger partial charge is 0.378 e. The van der Waals surface area contributed by atoms with Gasteiger partial charge in [0.1, 0.15) is 11.6 Å². The molecule has 0 spiro atoms. The van der Waals surface area contributed by atoms with Crippen molar-refractivity contribution in [2.45, 2.75) is 6.18 Å². The first kappa shape index (κ1) is 16.8. The van der Waals surface area contributed by atoms with Crippen molar-refractivity contribution in [1.29, 1.82) is 0 Å². The first-order valence-corrected chi connectivity index (χ1v) is 8.11. The molecule has 0 unspecified atom stereocenters. The molecule has 0 aliphatic carbocycles. The van der Waals surface area contributed by atoms with E-state index in [-0.39, 0.29) is 5.82 Å². The first-order valence-electron chi connectivity index (χ1n) is 8.11. The molecule has 26 heavy (non-hydrogen) atoms. The largest absolute Gasteiger partial charge is 0.416 e. The topological polar surface area (TPSA) is 41.2 Å². The van der Waals surface area contributed by atoms with Gasteiger partial charge in [0, 0.05) is 24.7 Å². The van der Waals surface area contributed by atoms with E-state index < -0.39 is 11.7 Å². The number of aromatic amines is 1. The summed E-state index contributed by atoms with van der Waals surface area (Å²) in [5.74, 6) is 0.0225. The van der Waals surface area contributed by atoms with Gasteiger partial charge in [-0.25, -0.2) is 9.37 Å². The summed E-state index contributed by atoms with van der Waals surface area (Å²) in [5.41, 5.74) is 1.28. The lowest BCUT2D eigenvalue weighted by molar-refractivity contribution is -0.137. The van der Waals surface area contributed by atoms with E-state index in [1.165, 1.54) is 18.2 Å². The van der Waals surface area contributed by atoms with E-state index >= 15 is 0 Å². The number of nitrogens with zero attached hydrogens (tertiary/aromatic N) is 2. The molecule has 1 saturated heterocycles. The fourth-order valence-electron chi connectivity index (χ4n) is 3.02. The molecule has 1 aliphatic rings. The molecule has 2 aromatic carbocycles. The Morgan fingerprint density at radius 3 is 2.38 bits per heavy atom. The average molecular weight is 365 g/mol. The predicted molar refractivity (Wildman–Crippen MR) is 89.5 cm³/mol. The number of morpholine rings is 1. The Balaban J connectivity index is 1.69. The van der Waals surface area contributed by atoms with Gasteiger partial charge in [-0.3, -0.25) is 0 Å². The summed E-state index contributed by atoms with van der Waals surface area (Å²) in [7, 11) is 0. The van der Waals surface area contributed by atoms with Gasteiger partial charge < -0.3 is 14.6 Å². The molecule has 0 saturated carbocycles. The lowest BCUT2D eigenvalue weighted by atomic mass is 10.1. The Bertz CT molecular complexity index is 928. The van der Waals surface area contributed by atoms with E-state index in [2.05, 4.69) is 9.97 Å². The maximum Gasteiger partial charge on any atom is 0.416 e. The van der Waals surface area contributed by atoms with Crippen LogP contribution in [0.1, 0.15) is 5.56 Å². The molecule has 136 valence electrons. The highest BCUT2D eigenvalue weighted by Gasteiger charge is 2.30. The second-order valence-electron chi connectivity index (χ2n) is 6.08. The van der Waals surface area contributed by atoms with E-state index in [9.17, 15) is 17.6 Å². The lowest BCUT2D eigenvalue weighted by Gasteiger charge is -2.29. The zero-order valence-electron chi connectivity index (χ0n) is 13.6. The minimum absolute atomic E-state index is 0.373. The number of hydrogen-bond acceptors (Lipinski definition) is 3. The number of benzene rings is 2. The van der Waals surface area contributed by atoms with E-state index in [0.717, 1.165) is 12.1 Å². The maximum atomic E-state index is 14.4. The Morgan fingerprint density at radius 1 is 1.04 bits per heavy atom. The monoisotopic (exact) mass is 365 g/mol. The summed E-state index contributed by atoms with van der Waals surface area (Å²) in [6, 6.07) is 7.71. The average Bonchev–Trinajstić information content (AvgIpc) is 3.04. The fraction of sp³-hybridized carbons (Fsp3) is 0.278. The van der Waals surface area contributed by atoms with Crippen LogP contribution < -0.4 is 4.90 Å². The number of H-pyrrole nitrogens is 1. The Morgan fingerprint density at radius 2 is 1.73 bits per heavy atom. The highest BCUT2D eigenvalue weighted by molar-refractivity contribution is 5.83. The standard InChI is InChI=1S/C18H15F4N3O/c19-13-9-14-15(10-16(13)25-5-7-26-8-6-25)24-17(23-14)11-1-3-12(4-2-11)18(20,21)22/h1-4,9-10H,5-8H2,(H,23,24). The van der Waals surface area contributed by atoms with Crippen LogP contribution >= 0.6 is 0 Å². The molecule has 1 fully saturated rings. The van der Waals surface area contributed by atoms with Crippen molar-refractivity contribution < 1.29 is 22.3 Å². The highest BCUT2D eigenvalue weighted by Crippen LogP contribution is 2.32. The first-order chi connectivity index (χ1) is 12.4. The van der Waals surface area contributed by atoms with Crippen LogP contribution in [0.3, 0.4) is 0 Å². The van der Waals surface area contributed by atoms with Crippen LogP contribution in [0.15, 0.2) is 36.4 Å². The second-order valence-corrected chi connectivity index (χ2v) is 6.08. The third kappa shape index (κ3) is 3.12. The molecular formula is C18H15F4N3O. The number of halogens is 4. The minimum atomic E-state index is -4.39. The number of nitrogens with one attached hydrogen (secondary N) is 1. The van der Waals surface area contributed by atoms with E-state index in [4.69, 9.17) is 4.74 Å². The molecule has 1 N–H and O–H groups in total. The molecule has 0 amide bonds. The second kappa shape index (κ2) is 6.28. The molecule has 3 aromatic rings. The molecule has 0 radical (unpaired) electrons. The Hall–Kier alpha value is -2.61. The van der Waals surface area contributed by atoms with Crippen LogP contribution in [0.25, 0.3) is 22.4 Å². The van der Waals surface area contributed by atoms with Gasteiger partial charge in [0.05, 0.1) is 35.5 Å². The molecule has 0 bridgehead atoms. The van der Waals surface area contributed by atoms with Gasteiger partial charge in [-0.05, 0) is 18.2 Å². The van der Waals surface area contributed by atoms with Gasteiger partial charge in [0.15, 0.2) is 0 Å². The van der Waals surface area contributed by atoms with E-state index in [0.29, 0.717) is 54.4 Å². The van der Waals surface area contributed by atoms with Crippen molar-refractivity contribution in [3.8, 4) is 11.4 Å². The molecule has 1 aromatic heterocycles. The fourth-order valence-corrected chi connectivity index (χ4v) is 3.02. The number of anilines is 1. The lowest BCUT2D eigenvalue weighted by Crippen LogP contribution is -2.36. The van der Waals surface area contributed by atoms with Crippen LogP contribution in [0.5, 0.6) is 0 Å². The van der Waals surface area contributed by atoms with E-state index in [1.54, 1.807) is 6.07 Å². The van der Waals surface area contributed by atoms with Crippen LogP contribution in [0.2, 0.25) is 0 Å². The van der Waals surface area contributed by atoms with E-state index in [1.807, 2.05) is 4.90 Å². The van der Waals surface area contributed by atoms with Crippen molar-refractivity contribution in [1.82, 2.24) is 9.97 Å². The summed E-state index contributed by atoms with van der Waals surface area (Å²) < 4.78 is 57.8. The molecular weight excluding hydrogens is 350 g/mol. The zero-order chi connectivity index (χ0) is 18.3. The quantitative estimate of drug-likeness (QED) is 0.691. The normalized spacial score (nSPS) is 15.6.